The van der Waals surface area contributed by atoms with E-state index >= 15 is 0 Å². The van der Waals surface area contributed by atoms with E-state index in [1.54, 1.807) is 7.11 Å². The molecule has 2 fully saturated rings. The summed E-state index contributed by atoms with van der Waals surface area (Å²) in [5, 5.41) is 0. The maximum absolute atomic E-state index is 13.1. The maximum Gasteiger partial charge on any atom is 0.253 e. The Morgan fingerprint density at radius 2 is 1.77 bits per heavy atom. The normalized spacial score (nSPS) is 22.5. The second kappa shape index (κ2) is 10.4. The second-order valence-electron chi connectivity index (χ2n) is 10.0. The minimum atomic E-state index is 0.142. The number of hydrogen-bond donors (Lipinski definition) is 0. The van der Waals surface area contributed by atoms with Gasteiger partial charge >= 0.3 is 0 Å². The van der Waals surface area contributed by atoms with Crippen LogP contribution in [-0.4, -0.2) is 74.4 Å². The van der Waals surface area contributed by atoms with Gasteiger partial charge in [-0.3, -0.25) is 9.79 Å². The molecule has 3 aliphatic rings. The van der Waals surface area contributed by atoms with Crippen molar-refractivity contribution in [3.63, 3.8) is 0 Å². The minimum absolute atomic E-state index is 0.142. The van der Waals surface area contributed by atoms with Crippen molar-refractivity contribution in [3.05, 3.63) is 58.7 Å². The number of carbonyl (C=O) groups is 1. The van der Waals surface area contributed by atoms with E-state index in [-0.39, 0.29) is 11.9 Å². The maximum atomic E-state index is 13.1. The highest BCUT2D eigenvalue weighted by atomic mass is 16.5. The zero-order valence-corrected chi connectivity index (χ0v) is 21.3. The van der Waals surface area contributed by atoms with Gasteiger partial charge in [0.2, 0.25) is 0 Å². The summed E-state index contributed by atoms with van der Waals surface area (Å²) in [4.78, 5) is 22.8. The van der Waals surface area contributed by atoms with Gasteiger partial charge in [-0.25, -0.2) is 0 Å². The van der Waals surface area contributed by atoms with Gasteiger partial charge in [-0.05, 0) is 69.6 Å². The first kappa shape index (κ1) is 23.9. The molecule has 5 rings (SSSR count). The molecule has 0 saturated carbocycles. The van der Waals surface area contributed by atoms with Crippen molar-refractivity contribution in [1.29, 1.82) is 0 Å². The monoisotopic (exact) mass is 475 g/mol. The quantitative estimate of drug-likeness (QED) is 0.626. The number of amides is 1. The number of nitrogens with zero attached hydrogens (tertiary/aromatic N) is 3. The molecule has 2 aromatic carbocycles. The lowest BCUT2D eigenvalue weighted by Gasteiger charge is -2.39. The lowest BCUT2D eigenvalue weighted by atomic mass is 9.79. The van der Waals surface area contributed by atoms with Crippen LogP contribution in [0, 0.1) is 0 Å². The molecular formula is C29H37N3O3. The molecule has 186 valence electrons. The van der Waals surface area contributed by atoms with Crippen molar-refractivity contribution < 1.29 is 14.3 Å². The van der Waals surface area contributed by atoms with Crippen molar-refractivity contribution in [1.82, 2.24) is 9.80 Å². The molecule has 3 heterocycles. The van der Waals surface area contributed by atoms with Gasteiger partial charge in [-0.1, -0.05) is 25.0 Å². The molecule has 0 radical (unpaired) electrons. The van der Waals surface area contributed by atoms with E-state index in [9.17, 15) is 4.79 Å². The third-order valence-corrected chi connectivity index (χ3v) is 7.66. The number of carbonyl (C=O) groups excluding carboxylic acids is 1. The zero-order chi connectivity index (χ0) is 24.4. The molecule has 3 aliphatic heterocycles. The van der Waals surface area contributed by atoms with Gasteiger partial charge < -0.3 is 19.3 Å². The fourth-order valence-electron chi connectivity index (χ4n) is 5.77. The smallest absolute Gasteiger partial charge is 0.253 e. The minimum Gasteiger partial charge on any atom is -0.493 e. The van der Waals surface area contributed by atoms with E-state index in [0.717, 1.165) is 79.3 Å². The molecule has 2 aromatic rings. The summed E-state index contributed by atoms with van der Waals surface area (Å²) < 4.78 is 11.6. The Labute approximate surface area is 208 Å². The zero-order valence-electron chi connectivity index (χ0n) is 21.3. The van der Waals surface area contributed by atoms with E-state index in [4.69, 9.17) is 14.5 Å². The van der Waals surface area contributed by atoms with E-state index in [0.29, 0.717) is 12.5 Å². The van der Waals surface area contributed by atoms with E-state index in [1.165, 1.54) is 18.4 Å². The Morgan fingerprint density at radius 1 is 1.03 bits per heavy atom. The van der Waals surface area contributed by atoms with Crippen LogP contribution in [0.25, 0.3) is 0 Å². The average molecular weight is 476 g/mol. The van der Waals surface area contributed by atoms with Gasteiger partial charge in [0.15, 0.2) is 11.5 Å². The predicted molar refractivity (Wildman–Crippen MR) is 139 cm³/mol. The average Bonchev–Trinajstić information content (AvgIpc) is 3.18. The standard InChI is InChI=1S/C29H37N3O3/c1-4-35-27-17-22-23(18-26(27)34-3)28(30-25-13-16-31(2)19-24(22)25)20-9-11-21(12-10-20)29(33)32-14-7-5-6-8-15-32/h9-12,17-18,24-25H,4-8,13-16,19H2,1-3H3/t24-,25-/m0/s1. The molecule has 2 saturated heterocycles. The van der Waals surface area contributed by atoms with Gasteiger partial charge in [0.1, 0.15) is 0 Å². The largest absolute Gasteiger partial charge is 0.493 e. The van der Waals surface area contributed by atoms with E-state index < -0.39 is 0 Å². The molecule has 35 heavy (non-hydrogen) atoms. The van der Waals surface area contributed by atoms with Gasteiger partial charge in [-0.2, -0.15) is 0 Å². The van der Waals surface area contributed by atoms with Crippen LogP contribution in [-0.2, 0) is 0 Å². The molecule has 0 unspecified atom stereocenters. The van der Waals surface area contributed by atoms with Crippen molar-refractivity contribution in [2.75, 3.05) is 46.9 Å². The number of likely N-dealkylation sites (N-methyl/N-ethyl adjacent to an activating group) is 1. The molecular weight excluding hydrogens is 438 g/mol. The number of aliphatic imine (C=N–C) groups is 1. The summed E-state index contributed by atoms with van der Waals surface area (Å²) >= 11 is 0. The molecule has 0 N–H and O–H groups in total. The number of piperidine rings is 1. The van der Waals surface area contributed by atoms with Crippen LogP contribution in [0.4, 0.5) is 0 Å². The van der Waals surface area contributed by atoms with Gasteiger partial charge in [0, 0.05) is 42.2 Å². The Kier molecular flexibility index (Phi) is 7.09. The Hall–Kier alpha value is -2.86. The topological polar surface area (TPSA) is 54.4 Å². The van der Waals surface area contributed by atoms with Crippen molar-refractivity contribution >= 4 is 11.6 Å². The van der Waals surface area contributed by atoms with E-state index in [2.05, 4.69) is 36.2 Å². The number of methoxy groups -OCH3 is 1. The van der Waals surface area contributed by atoms with Crippen molar-refractivity contribution in [3.8, 4) is 11.5 Å². The molecule has 0 spiro atoms. The summed E-state index contributed by atoms with van der Waals surface area (Å²) in [7, 11) is 3.87. The summed E-state index contributed by atoms with van der Waals surface area (Å²) in [6.45, 7) is 6.34. The van der Waals surface area contributed by atoms with E-state index in [1.807, 2.05) is 24.0 Å². The molecule has 6 heteroatoms. The van der Waals surface area contributed by atoms with Gasteiger partial charge in [-0.15, -0.1) is 0 Å². The van der Waals surface area contributed by atoms with Crippen molar-refractivity contribution in [2.45, 2.75) is 51.0 Å². The van der Waals surface area contributed by atoms with Crippen LogP contribution < -0.4 is 9.47 Å². The fraction of sp³-hybridized carbons (Fsp3) is 0.517. The van der Waals surface area contributed by atoms with Gasteiger partial charge in [0.25, 0.3) is 5.91 Å². The summed E-state index contributed by atoms with van der Waals surface area (Å²) in [5.41, 5.74) is 5.17. The van der Waals surface area contributed by atoms with Crippen LogP contribution in [0.3, 0.4) is 0 Å². The molecule has 0 aliphatic carbocycles. The summed E-state index contributed by atoms with van der Waals surface area (Å²) in [6.07, 6.45) is 5.66. The molecule has 2 atom stereocenters. The summed E-state index contributed by atoms with van der Waals surface area (Å²) in [5.74, 6) is 2.00. The lowest BCUT2D eigenvalue weighted by molar-refractivity contribution is 0.0761. The van der Waals surface area contributed by atoms with Crippen LogP contribution in [0.2, 0.25) is 0 Å². The number of likely N-dealkylation sites (tertiary alicyclic amines) is 2. The molecule has 6 nitrogen and oxygen atoms in total. The first-order valence-corrected chi connectivity index (χ1v) is 13.1. The van der Waals surface area contributed by atoms with Crippen LogP contribution in [0.1, 0.15) is 72.0 Å². The molecule has 1 amide bonds. The molecule has 0 aromatic heterocycles. The highest BCUT2D eigenvalue weighted by Gasteiger charge is 2.36. The highest BCUT2D eigenvalue weighted by Crippen LogP contribution is 2.42. The SMILES string of the molecule is CCOc1cc2c(cc1OC)C(c1ccc(C(=O)N3CCCCCC3)cc1)=N[C@H]1CCN(C)C[C@@H]21. The highest BCUT2D eigenvalue weighted by molar-refractivity contribution is 6.15. The van der Waals surface area contributed by atoms with Crippen LogP contribution >= 0.6 is 0 Å². The third-order valence-electron chi connectivity index (χ3n) is 7.66. The summed E-state index contributed by atoms with van der Waals surface area (Å²) in [6, 6.07) is 12.6. The molecule has 0 bridgehead atoms. The number of ether oxygens (including phenoxy) is 2. The Balaban J connectivity index is 1.50. The fourth-order valence-corrected chi connectivity index (χ4v) is 5.77. The van der Waals surface area contributed by atoms with Crippen molar-refractivity contribution in [2.24, 2.45) is 4.99 Å². The first-order chi connectivity index (χ1) is 17.1. The second-order valence-corrected chi connectivity index (χ2v) is 10.0. The number of fused-ring (bicyclic) bond motifs is 3. The Morgan fingerprint density at radius 3 is 2.46 bits per heavy atom. The third kappa shape index (κ3) is 4.81. The lowest BCUT2D eigenvalue weighted by Crippen LogP contribution is -2.41. The van der Waals surface area contributed by atoms with Gasteiger partial charge in [0.05, 0.1) is 25.5 Å². The first-order valence-electron chi connectivity index (χ1n) is 13.1. The number of hydrogen-bond acceptors (Lipinski definition) is 5. The Bertz CT molecular complexity index is 1090. The van der Waals surface area contributed by atoms with Crippen LogP contribution in [0.5, 0.6) is 11.5 Å². The van der Waals surface area contributed by atoms with Crippen LogP contribution in [0.15, 0.2) is 41.4 Å². The number of benzene rings is 2. The predicted octanol–water partition coefficient (Wildman–Crippen LogP) is 4.75. The number of rotatable bonds is 5.